The van der Waals surface area contributed by atoms with E-state index in [-0.39, 0.29) is 23.7 Å². The smallest absolute Gasteiger partial charge is 0.240 e. The van der Waals surface area contributed by atoms with E-state index in [1.165, 1.54) is 6.20 Å². The van der Waals surface area contributed by atoms with E-state index in [1.54, 1.807) is 11.8 Å². The Hall–Kier alpha value is -3.10. The number of nitrogens with zero attached hydrogens (tertiary/aromatic N) is 5. The molecule has 0 fully saturated rings. The Morgan fingerprint density at radius 3 is 2.68 bits per heavy atom. The zero-order chi connectivity index (χ0) is 18.2. The Balaban J connectivity index is 2.16. The molecule has 2 aromatic rings. The highest BCUT2D eigenvalue weighted by molar-refractivity contribution is 8.00. The van der Waals surface area contributed by atoms with Gasteiger partial charge in [-0.2, -0.15) is 10.5 Å². The van der Waals surface area contributed by atoms with Crippen molar-refractivity contribution in [2.24, 2.45) is 0 Å². The van der Waals surface area contributed by atoms with Gasteiger partial charge >= 0.3 is 0 Å². The number of benzene rings is 1. The molecule has 2 N–H and O–H groups in total. The highest BCUT2D eigenvalue weighted by Crippen LogP contribution is 2.25. The van der Waals surface area contributed by atoms with E-state index >= 15 is 0 Å². The molecule has 1 amide bonds. The molecule has 25 heavy (non-hydrogen) atoms. The normalized spacial score (nSPS) is 11.2. The van der Waals surface area contributed by atoms with E-state index in [0.29, 0.717) is 11.7 Å². The molecule has 8 heteroatoms. The number of hydrogen-bond acceptors (Lipinski definition) is 7. The molecule has 1 unspecified atom stereocenters. The predicted molar refractivity (Wildman–Crippen MR) is 95.5 cm³/mol. The zero-order valence-corrected chi connectivity index (χ0v) is 14.4. The minimum atomic E-state index is -0.480. The van der Waals surface area contributed by atoms with Gasteiger partial charge in [0.15, 0.2) is 5.16 Å². The molecular formula is C17H16N6OS. The molecule has 0 bridgehead atoms. The maximum atomic E-state index is 12.8. The summed E-state index contributed by atoms with van der Waals surface area (Å²) in [6.07, 6.45) is 1.57. The number of carbonyl (C=O) groups is 1. The van der Waals surface area contributed by atoms with Crippen LogP contribution in [0.1, 0.15) is 18.9 Å². The summed E-state index contributed by atoms with van der Waals surface area (Å²) in [5.74, 6) is -0.0676. The maximum Gasteiger partial charge on any atom is 0.240 e. The molecule has 126 valence electrons. The van der Waals surface area contributed by atoms with Gasteiger partial charge in [-0.3, -0.25) is 4.79 Å². The zero-order valence-electron chi connectivity index (χ0n) is 13.6. The number of para-hydroxylation sites is 1. The first kappa shape index (κ1) is 18.2. The highest BCUT2D eigenvalue weighted by atomic mass is 32.2. The van der Waals surface area contributed by atoms with Crippen LogP contribution in [0, 0.1) is 22.7 Å². The molecule has 1 aromatic carbocycles. The van der Waals surface area contributed by atoms with Crippen molar-refractivity contribution in [2.45, 2.75) is 23.8 Å². The number of hydrogen-bond donors (Lipinski definition) is 1. The average molecular weight is 352 g/mol. The Kier molecular flexibility index (Phi) is 6.33. The maximum absolute atomic E-state index is 12.8. The fourth-order valence-electron chi connectivity index (χ4n) is 2.09. The number of nitrogens with two attached hydrogens (primary N) is 1. The number of aromatic nitrogens is 2. The van der Waals surface area contributed by atoms with Gasteiger partial charge in [-0.25, -0.2) is 9.97 Å². The van der Waals surface area contributed by atoms with Crippen LogP contribution in [0.15, 0.2) is 41.7 Å². The molecule has 2 rings (SSSR count). The molecule has 0 saturated carbocycles. The molecule has 1 aromatic heterocycles. The molecule has 0 spiro atoms. The van der Waals surface area contributed by atoms with Gasteiger partial charge in [0.25, 0.3) is 0 Å². The number of nitriles is 2. The molecule has 0 saturated heterocycles. The van der Waals surface area contributed by atoms with Crippen molar-refractivity contribution in [2.75, 3.05) is 17.2 Å². The Morgan fingerprint density at radius 2 is 2.08 bits per heavy atom. The second-order valence-corrected chi connectivity index (χ2v) is 6.36. The van der Waals surface area contributed by atoms with Crippen LogP contribution in [0.5, 0.6) is 0 Å². The second-order valence-electron chi connectivity index (χ2n) is 5.06. The van der Waals surface area contributed by atoms with E-state index < -0.39 is 5.25 Å². The van der Waals surface area contributed by atoms with Crippen LogP contribution >= 0.6 is 11.8 Å². The van der Waals surface area contributed by atoms with Crippen LogP contribution in [-0.4, -0.2) is 27.7 Å². The summed E-state index contributed by atoms with van der Waals surface area (Å²) in [4.78, 5) is 22.5. The number of amides is 1. The van der Waals surface area contributed by atoms with Crippen molar-refractivity contribution in [1.82, 2.24) is 9.97 Å². The van der Waals surface area contributed by atoms with Crippen molar-refractivity contribution < 1.29 is 4.79 Å². The summed E-state index contributed by atoms with van der Waals surface area (Å²) >= 11 is 1.16. The van der Waals surface area contributed by atoms with Gasteiger partial charge in [0.05, 0.1) is 23.9 Å². The second kappa shape index (κ2) is 8.67. The fraction of sp³-hybridized carbons (Fsp3) is 0.235. The van der Waals surface area contributed by atoms with E-state index in [2.05, 4.69) is 16.0 Å². The first-order valence-corrected chi connectivity index (χ1v) is 8.37. The van der Waals surface area contributed by atoms with Crippen LogP contribution in [0.2, 0.25) is 0 Å². The number of nitrogen functional groups attached to an aromatic ring is 1. The van der Waals surface area contributed by atoms with Crippen LogP contribution in [0.3, 0.4) is 0 Å². The number of rotatable bonds is 6. The molecule has 0 aliphatic rings. The summed E-state index contributed by atoms with van der Waals surface area (Å²) in [7, 11) is 0. The van der Waals surface area contributed by atoms with Gasteiger partial charge in [-0.15, -0.1) is 0 Å². The standard InChI is InChI=1S/C17H16N6OS/c1-12(25-17-21-11-13(10-19)15(20)22-17)16(24)23(9-5-8-18)14-6-3-2-4-7-14/h2-4,6-7,11-12H,5,9H2,1H3,(H2,20,21,22). The number of anilines is 2. The van der Waals surface area contributed by atoms with E-state index in [9.17, 15) is 4.79 Å². The van der Waals surface area contributed by atoms with E-state index in [0.717, 1.165) is 17.4 Å². The minimum absolute atomic E-state index is 0.0871. The lowest BCUT2D eigenvalue weighted by Gasteiger charge is -2.24. The first-order chi connectivity index (χ1) is 12.1. The largest absolute Gasteiger partial charge is 0.382 e. The SMILES string of the molecule is CC(Sc1ncc(C#N)c(N)n1)C(=O)N(CCC#N)c1ccccc1. The van der Waals surface area contributed by atoms with Crippen LogP contribution in [0.4, 0.5) is 11.5 Å². The summed E-state index contributed by atoms with van der Waals surface area (Å²) in [6.45, 7) is 2.05. The summed E-state index contributed by atoms with van der Waals surface area (Å²) in [6, 6.07) is 13.1. The fourth-order valence-corrected chi connectivity index (χ4v) is 2.89. The number of thioether (sulfide) groups is 1. The Morgan fingerprint density at radius 1 is 1.36 bits per heavy atom. The first-order valence-electron chi connectivity index (χ1n) is 7.49. The van der Waals surface area contributed by atoms with Crippen molar-refractivity contribution in [3.63, 3.8) is 0 Å². The van der Waals surface area contributed by atoms with Gasteiger partial charge in [0.1, 0.15) is 17.5 Å². The molecule has 0 radical (unpaired) electrons. The summed E-state index contributed by atoms with van der Waals surface area (Å²) < 4.78 is 0. The summed E-state index contributed by atoms with van der Waals surface area (Å²) in [5, 5.41) is 17.5. The highest BCUT2D eigenvalue weighted by Gasteiger charge is 2.23. The molecule has 1 heterocycles. The molecule has 0 aliphatic heterocycles. The topological polar surface area (TPSA) is 120 Å². The predicted octanol–water partition coefficient (Wildman–Crippen LogP) is 2.36. The minimum Gasteiger partial charge on any atom is -0.382 e. The third-order valence-electron chi connectivity index (χ3n) is 3.33. The molecule has 0 aliphatic carbocycles. The monoisotopic (exact) mass is 352 g/mol. The van der Waals surface area contributed by atoms with Gasteiger partial charge in [0, 0.05) is 12.2 Å². The van der Waals surface area contributed by atoms with Gasteiger partial charge < -0.3 is 10.6 Å². The lowest BCUT2D eigenvalue weighted by molar-refractivity contribution is -0.117. The van der Waals surface area contributed by atoms with E-state index in [1.807, 2.05) is 36.4 Å². The van der Waals surface area contributed by atoms with Crippen molar-refractivity contribution >= 4 is 29.2 Å². The van der Waals surface area contributed by atoms with Crippen LogP contribution < -0.4 is 10.6 Å². The summed E-state index contributed by atoms with van der Waals surface area (Å²) in [5.41, 5.74) is 6.61. The van der Waals surface area contributed by atoms with Crippen molar-refractivity contribution in [3.8, 4) is 12.1 Å². The van der Waals surface area contributed by atoms with Crippen molar-refractivity contribution in [1.29, 1.82) is 10.5 Å². The van der Waals surface area contributed by atoms with Gasteiger partial charge in [-0.1, -0.05) is 30.0 Å². The van der Waals surface area contributed by atoms with Crippen LogP contribution in [-0.2, 0) is 4.79 Å². The van der Waals surface area contributed by atoms with Gasteiger partial charge in [-0.05, 0) is 19.1 Å². The molecule has 7 nitrogen and oxygen atoms in total. The Bertz CT molecular complexity index is 827. The quantitative estimate of drug-likeness (QED) is 0.626. The van der Waals surface area contributed by atoms with Gasteiger partial charge in [0.2, 0.25) is 5.91 Å². The lowest BCUT2D eigenvalue weighted by atomic mass is 10.2. The Labute approximate surface area is 150 Å². The lowest BCUT2D eigenvalue weighted by Crippen LogP contribution is -2.37. The van der Waals surface area contributed by atoms with E-state index in [4.69, 9.17) is 16.3 Å². The molecular weight excluding hydrogens is 336 g/mol. The third kappa shape index (κ3) is 4.69. The average Bonchev–Trinajstić information content (AvgIpc) is 2.63. The third-order valence-corrected chi connectivity index (χ3v) is 4.29. The van der Waals surface area contributed by atoms with Crippen LogP contribution in [0.25, 0.3) is 0 Å². The molecule has 1 atom stereocenters. The van der Waals surface area contributed by atoms with Crippen molar-refractivity contribution in [3.05, 3.63) is 42.1 Å². The number of carbonyl (C=O) groups excluding carboxylic acids is 1.